The molecule has 0 aliphatic rings. The second-order valence-electron chi connectivity index (χ2n) is 4.81. The maximum Gasteiger partial charge on any atom is 0.0953 e. The summed E-state index contributed by atoms with van der Waals surface area (Å²) in [7, 11) is 0. The molecule has 2 rings (SSSR count). The van der Waals surface area contributed by atoms with E-state index < -0.39 is 5.60 Å². The van der Waals surface area contributed by atoms with Crippen molar-refractivity contribution in [1.82, 2.24) is 4.98 Å². The molecule has 1 unspecified atom stereocenters. The van der Waals surface area contributed by atoms with E-state index in [0.29, 0.717) is 18.7 Å². The van der Waals surface area contributed by atoms with Crippen molar-refractivity contribution in [1.29, 1.82) is 0 Å². The second-order valence-corrected chi connectivity index (χ2v) is 4.81. The Morgan fingerprint density at radius 3 is 2.89 bits per heavy atom. The molecule has 0 aliphatic heterocycles. The number of nitrogens with zero attached hydrogens (tertiary/aromatic N) is 1. The summed E-state index contributed by atoms with van der Waals surface area (Å²) >= 11 is 0. The van der Waals surface area contributed by atoms with Gasteiger partial charge in [0.05, 0.1) is 16.8 Å². The van der Waals surface area contributed by atoms with Crippen molar-refractivity contribution in [3.8, 4) is 0 Å². The minimum atomic E-state index is -0.720. The van der Waals surface area contributed by atoms with Gasteiger partial charge in [0, 0.05) is 23.8 Å². The summed E-state index contributed by atoms with van der Waals surface area (Å²) in [6.45, 7) is 4.26. The monoisotopic (exact) mass is 245 g/mol. The van der Waals surface area contributed by atoms with Gasteiger partial charge in [0.25, 0.3) is 0 Å². The molecule has 1 aromatic carbocycles. The van der Waals surface area contributed by atoms with Crippen molar-refractivity contribution in [2.45, 2.75) is 25.9 Å². The van der Waals surface area contributed by atoms with Gasteiger partial charge in [0.2, 0.25) is 0 Å². The van der Waals surface area contributed by atoms with E-state index >= 15 is 0 Å². The number of benzene rings is 1. The van der Waals surface area contributed by atoms with Gasteiger partial charge in [-0.1, -0.05) is 6.92 Å². The molecule has 0 radical (unpaired) electrons. The van der Waals surface area contributed by atoms with Crippen molar-refractivity contribution in [2.24, 2.45) is 0 Å². The molecule has 0 fully saturated rings. The molecule has 0 saturated heterocycles. The molecule has 1 heterocycles. The summed E-state index contributed by atoms with van der Waals surface area (Å²) < 4.78 is 0. The van der Waals surface area contributed by atoms with E-state index in [1.54, 1.807) is 6.20 Å². The Hall–Kier alpha value is -1.81. The number of nitrogen functional groups attached to an aromatic ring is 1. The van der Waals surface area contributed by atoms with Gasteiger partial charge >= 0.3 is 0 Å². The maximum absolute atomic E-state index is 10.0. The zero-order valence-corrected chi connectivity index (χ0v) is 10.8. The van der Waals surface area contributed by atoms with Crippen LogP contribution in [0.1, 0.15) is 20.3 Å². The average molecular weight is 245 g/mol. The lowest BCUT2D eigenvalue weighted by Crippen LogP contribution is -2.32. The number of hydrogen-bond donors (Lipinski definition) is 3. The lowest BCUT2D eigenvalue weighted by atomic mass is 10.0. The lowest BCUT2D eigenvalue weighted by molar-refractivity contribution is 0.0698. The topological polar surface area (TPSA) is 71.2 Å². The predicted octanol–water partition coefficient (Wildman–Crippen LogP) is 2.39. The van der Waals surface area contributed by atoms with Gasteiger partial charge < -0.3 is 16.2 Å². The number of hydrogen-bond acceptors (Lipinski definition) is 4. The van der Waals surface area contributed by atoms with Crippen LogP contribution in [0.25, 0.3) is 10.9 Å². The number of rotatable bonds is 4. The number of nitrogens with two attached hydrogens (primary N) is 1. The Bertz CT molecular complexity index is 552. The second kappa shape index (κ2) is 4.82. The fraction of sp³-hybridized carbons (Fsp3) is 0.357. The van der Waals surface area contributed by atoms with E-state index in [4.69, 9.17) is 5.73 Å². The van der Waals surface area contributed by atoms with Crippen LogP contribution in [-0.4, -0.2) is 22.2 Å². The third kappa shape index (κ3) is 2.54. The minimum absolute atomic E-state index is 0.485. The van der Waals surface area contributed by atoms with Crippen LogP contribution >= 0.6 is 0 Å². The lowest BCUT2D eigenvalue weighted by Gasteiger charge is -2.22. The summed E-state index contributed by atoms with van der Waals surface area (Å²) in [5.74, 6) is 0. The number of aromatic nitrogens is 1. The normalized spacial score (nSPS) is 14.4. The molecule has 96 valence electrons. The standard InChI is InChI=1S/C14H19N3O/c1-3-14(2,18)9-17-12-7-6-11(15)10-5-4-8-16-13(10)12/h4-8,17-18H,3,9,15H2,1-2H3. The average Bonchev–Trinajstić information content (AvgIpc) is 2.38. The van der Waals surface area contributed by atoms with Crippen LogP contribution in [0.2, 0.25) is 0 Å². The highest BCUT2D eigenvalue weighted by Gasteiger charge is 2.17. The van der Waals surface area contributed by atoms with E-state index in [1.165, 1.54) is 0 Å². The summed E-state index contributed by atoms with van der Waals surface area (Å²) in [5.41, 5.74) is 7.64. The molecule has 0 bridgehead atoms. The Morgan fingerprint density at radius 1 is 1.39 bits per heavy atom. The van der Waals surface area contributed by atoms with Crippen molar-refractivity contribution in [3.63, 3.8) is 0 Å². The molecule has 0 saturated carbocycles. The molecule has 4 nitrogen and oxygen atoms in total. The highest BCUT2D eigenvalue weighted by molar-refractivity contribution is 5.98. The van der Waals surface area contributed by atoms with Crippen LogP contribution in [0.4, 0.5) is 11.4 Å². The summed E-state index contributed by atoms with van der Waals surface area (Å²) in [4.78, 5) is 4.34. The number of fused-ring (bicyclic) bond motifs is 1. The number of pyridine rings is 1. The summed E-state index contributed by atoms with van der Waals surface area (Å²) in [6, 6.07) is 7.56. The molecular weight excluding hydrogens is 226 g/mol. The van der Waals surface area contributed by atoms with Crippen molar-refractivity contribution < 1.29 is 5.11 Å². The summed E-state index contributed by atoms with van der Waals surface area (Å²) in [6.07, 6.45) is 2.44. The first-order valence-corrected chi connectivity index (χ1v) is 6.13. The van der Waals surface area contributed by atoms with Crippen LogP contribution in [-0.2, 0) is 0 Å². The van der Waals surface area contributed by atoms with E-state index in [0.717, 1.165) is 16.6 Å². The fourth-order valence-corrected chi connectivity index (χ4v) is 1.75. The molecule has 0 spiro atoms. The Morgan fingerprint density at radius 2 is 2.17 bits per heavy atom. The van der Waals surface area contributed by atoms with Crippen molar-refractivity contribution in [2.75, 3.05) is 17.6 Å². The molecule has 1 aromatic heterocycles. The van der Waals surface area contributed by atoms with Gasteiger partial charge in [-0.15, -0.1) is 0 Å². The van der Waals surface area contributed by atoms with Crippen LogP contribution < -0.4 is 11.1 Å². The number of anilines is 2. The predicted molar refractivity (Wildman–Crippen MR) is 75.6 cm³/mol. The number of nitrogens with one attached hydrogen (secondary N) is 1. The highest BCUT2D eigenvalue weighted by atomic mass is 16.3. The fourth-order valence-electron chi connectivity index (χ4n) is 1.75. The van der Waals surface area contributed by atoms with E-state index in [1.807, 2.05) is 38.1 Å². The number of aliphatic hydroxyl groups is 1. The molecular formula is C14H19N3O. The van der Waals surface area contributed by atoms with Gasteiger partial charge in [-0.05, 0) is 37.6 Å². The van der Waals surface area contributed by atoms with Crippen LogP contribution in [0.15, 0.2) is 30.5 Å². The Kier molecular flexibility index (Phi) is 3.39. The largest absolute Gasteiger partial charge is 0.398 e. The molecule has 4 heteroatoms. The van der Waals surface area contributed by atoms with Crippen LogP contribution in [0, 0.1) is 0 Å². The van der Waals surface area contributed by atoms with Gasteiger partial charge in [0.1, 0.15) is 0 Å². The quantitative estimate of drug-likeness (QED) is 0.723. The van der Waals surface area contributed by atoms with E-state index in [-0.39, 0.29) is 0 Å². The highest BCUT2D eigenvalue weighted by Crippen LogP contribution is 2.26. The van der Waals surface area contributed by atoms with Crippen LogP contribution in [0.5, 0.6) is 0 Å². The van der Waals surface area contributed by atoms with Gasteiger partial charge in [-0.2, -0.15) is 0 Å². The minimum Gasteiger partial charge on any atom is -0.398 e. The first kappa shape index (κ1) is 12.6. The zero-order valence-electron chi connectivity index (χ0n) is 10.8. The van der Waals surface area contributed by atoms with Crippen molar-refractivity contribution in [3.05, 3.63) is 30.5 Å². The van der Waals surface area contributed by atoms with Gasteiger partial charge in [-0.3, -0.25) is 4.98 Å². The van der Waals surface area contributed by atoms with Gasteiger partial charge in [0.15, 0.2) is 0 Å². The molecule has 18 heavy (non-hydrogen) atoms. The van der Waals surface area contributed by atoms with Crippen LogP contribution in [0.3, 0.4) is 0 Å². The third-order valence-corrected chi connectivity index (χ3v) is 3.22. The summed E-state index contributed by atoms with van der Waals surface area (Å²) in [5, 5.41) is 14.2. The Balaban J connectivity index is 2.32. The third-order valence-electron chi connectivity index (χ3n) is 3.22. The first-order chi connectivity index (χ1) is 8.53. The van der Waals surface area contributed by atoms with Gasteiger partial charge in [-0.25, -0.2) is 0 Å². The Labute approximate surface area is 107 Å². The zero-order chi connectivity index (χ0) is 13.2. The molecule has 0 aliphatic carbocycles. The first-order valence-electron chi connectivity index (χ1n) is 6.13. The van der Waals surface area contributed by atoms with E-state index in [2.05, 4.69) is 10.3 Å². The maximum atomic E-state index is 10.0. The smallest absolute Gasteiger partial charge is 0.0953 e. The van der Waals surface area contributed by atoms with Crippen molar-refractivity contribution >= 4 is 22.3 Å². The molecule has 0 amide bonds. The SMILES string of the molecule is CCC(C)(O)CNc1ccc(N)c2cccnc12. The molecule has 4 N–H and O–H groups in total. The molecule has 1 atom stereocenters. The van der Waals surface area contributed by atoms with E-state index in [9.17, 15) is 5.11 Å². The molecule has 2 aromatic rings.